The van der Waals surface area contributed by atoms with Gasteiger partial charge in [-0.05, 0) is 60.2 Å². The van der Waals surface area contributed by atoms with Crippen LogP contribution in [0.5, 0.6) is 0 Å². The largest absolute Gasteiger partial charge is 0.340 e. The molecule has 4 rings (SSSR count). The first-order valence-electron chi connectivity index (χ1n) is 8.80. The summed E-state index contributed by atoms with van der Waals surface area (Å²) in [6.45, 7) is 0. The van der Waals surface area contributed by atoms with Gasteiger partial charge < -0.3 is 5.32 Å². The third kappa shape index (κ3) is 4.39. The Bertz CT molecular complexity index is 1210. The summed E-state index contributed by atoms with van der Waals surface area (Å²) in [5.41, 5.74) is 2.55. The number of non-ortho nitro benzene ring substituents is 1. The van der Waals surface area contributed by atoms with Gasteiger partial charge in [-0.2, -0.15) is 0 Å². The van der Waals surface area contributed by atoms with Crippen LogP contribution < -0.4 is 5.32 Å². The zero-order valence-corrected chi connectivity index (χ0v) is 15.9. The van der Waals surface area contributed by atoms with Crippen LogP contribution >= 0.6 is 11.6 Å². The van der Waals surface area contributed by atoms with Gasteiger partial charge in [0.15, 0.2) is 5.82 Å². The van der Waals surface area contributed by atoms with Crippen LogP contribution in [0.2, 0.25) is 5.02 Å². The van der Waals surface area contributed by atoms with E-state index in [4.69, 9.17) is 11.6 Å². The van der Waals surface area contributed by atoms with E-state index in [0.717, 1.165) is 22.2 Å². The van der Waals surface area contributed by atoms with Crippen LogP contribution in [0.4, 0.5) is 17.2 Å². The van der Waals surface area contributed by atoms with Crippen LogP contribution in [0.1, 0.15) is 11.4 Å². The van der Waals surface area contributed by atoms with Gasteiger partial charge in [0.2, 0.25) is 0 Å². The number of benzene rings is 3. The molecular formula is C22H15ClN4O2. The molecule has 0 bridgehead atoms. The monoisotopic (exact) mass is 402 g/mol. The summed E-state index contributed by atoms with van der Waals surface area (Å²) in [6, 6.07) is 21.4. The van der Waals surface area contributed by atoms with Crippen LogP contribution in [0.25, 0.3) is 23.1 Å². The standard InChI is InChI=1S/C22H15ClN4O2/c23-16-8-10-17(11-9-16)24-22-19-3-1-2-4-20(19)25-21(26-22)14-7-15-5-12-18(13-6-15)27(28)29/h1-14H,(H,24,25,26)/b14-7+. The molecule has 0 atom stereocenters. The van der Waals surface area contributed by atoms with E-state index >= 15 is 0 Å². The minimum absolute atomic E-state index is 0.0542. The van der Waals surface area contributed by atoms with E-state index in [1.165, 1.54) is 12.1 Å². The van der Waals surface area contributed by atoms with E-state index < -0.39 is 4.92 Å². The van der Waals surface area contributed by atoms with Gasteiger partial charge in [-0.15, -0.1) is 0 Å². The quantitative estimate of drug-likeness (QED) is 0.322. The van der Waals surface area contributed by atoms with Crippen molar-refractivity contribution in [3.8, 4) is 0 Å². The topological polar surface area (TPSA) is 81.0 Å². The second-order valence-electron chi connectivity index (χ2n) is 6.26. The molecule has 3 aromatic carbocycles. The first-order valence-corrected chi connectivity index (χ1v) is 9.18. The number of rotatable bonds is 5. The summed E-state index contributed by atoms with van der Waals surface area (Å²) < 4.78 is 0. The molecule has 4 aromatic rings. The molecule has 1 aromatic heterocycles. The molecule has 0 aliphatic carbocycles. The number of nitro benzene ring substituents is 1. The van der Waals surface area contributed by atoms with Crippen molar-refractivity contribution >= 4 is 51.8 Å². The maximum absolute atomic E-state index is 10.8. The van der Waals surface area contributed by atoms with Gasteiger partial charge in [0.05, 0.1) is 10.4 Å². The van der Waals surface area contributed by atoms with E-state index in [1.807, 2.05) is 54.6 Å². The maximum Gasteiger partial charge on any atom is 0.269 e. The number of aromatic nitrogens is 2. The highest BCUT2D eigenvalue weighted by atomic mass is 35.5. The smallest absolute Gasteiger partial charge is 0.269 e. The van der Waals surface area contributed by atoms with Crippen molar-refractivity contribution in [3.05, 3.63) is 99.3 Å². The molecule has 142 valence electrons. The van der Waals surface area contributed by atoms with Crippen molar-refractivity contribution in [3.63, 3.8) is 0 Å². The minimum Gasteiger partial charge on any atom is -0.340 e. The average Bonchev–Trinajstić information content (AvgIpc) is 2.74. The highest BCUT2D eigenvalue weighted by Crippen LogP contribution is 2.25. The van der Waals surface area contributed by atoms with Crippen molar-refractivity contribution < 1.29 is 4.92 Å². The third-order valence-electron chi connectivity index (χ3n) is 4.26. The van der Waals surface area contributed by atoms with Gasteiger partial charge >= 0.3 is 0 Å². The molecule has 6 nitrogen and oxygen atoms in total. The lowest BCUT2D eigenvalue weighted by Gasteiger charge is -2.10. The molecule has 0 fully saturated rings. The lowest BCUT2D eigenvalue weighted by molar-refractivity contribution is -0.384. The molecule has 0 spiro atoms. The zero-order chi connectivity index (χ0) is 20.2. The van der Waals surface area contributed by atoms with Crippen molar-refractivity contribution in [2.75, 3.05) is 5.32 Å². The summed E-state index contributed by atoms with van der Waals surface area (Å²) in [5.74, 6) is 1.21. The number of nitrogens with one attached hydrogen (secondary N) is 1. The van der Waals surface area contributed by atoms with Crippen LogP contribution in [0.15, 0.2) is 72.8 Å². The van der Waals surface area contributed by atoms with Crippen LogP contribution in [-0.4, -0.2) is 14.9 Å². The average molecular weight is 403 g/mol. The Hall–Kier alpha value is -3.77. The second kappa shape index (κ2) is 8.08. The van der Waals surface area contributed by atoms with Crippen LogP contribution in [0.3, 0.4) is 0 Å². The normalized spacial score (nSPS) is 11.1. The predicted molar refractivity (Wildman–Crippen MR) is 116 cm³/mol. The highest BCUT2D eigenvalue weighted by Gasteiger charge is 2.07. The van der Waals surface area contributed by atoms with Gasteiger partial charge in [-0.25, -0.2) is 9.97 Å². The third-order valence-corrected chi connectivity index (χ3v) is 4.51. The molecule has 0 saturated carbocycles. The molecule has 7 heteroatoms. The number of para-hydroxylation sites is 1. The maximum atomic E-state index is 10.8. The van der Waals surface area contributed by atoms with Crippen molar-refractivity contribution in [2.45, 2.75) is 0 Å². The van der Waals surface area contributed by atoms with Crippen molar-refractivity contribution in [2.24, 2.45) is 0 Å². The molecule has 1 N–H and O–H groups in total. The zero-order valence-electron chi connectivity index (χ0n) is 15.1. The number of fused-ring (bicyclic) bond motifs is 1. The number of nitrogens with zero attached hydrogens (tertiary/aromatic N) is 3. The Morgan fingerprint density at radius 1 is 0.897 bits per heavy atom. The van der Waals surface area contributed by atoms with Crippen molar-refractivity contribution in [1.82, 2.24) is 9.97 Å². The van der Waals surface area contributed by atoms with Crippen molar-refractivity contribution in [1.29, 1.82) is 0 Å². The highest BCUT2D eigenvalue weighted by molar-refractivity contribution is 6.30. The molecule has 0 aliphatic heterocycles. The van der Waals surface area contributed by atoms with Gasteiger partial charge in [0, 0.05) is 28.2 Å². The minimum atomic E-state index is -0.422. The molecule has 0 radical (unpaired) electrons. The fraction of sp³-hybridized carbons (Fsp3) is 0. The Balaban J connectivity index is 1.67. The lowest BCUT2D eigenvalue weighted by atomic mass is 10.2. The Morgan fingerprint density at radius 2 is 1.62 bits per heavy atom. The van der Waals surface area contributed by atoms with Gasteiger partial charge in [0.25, 0.3) is 5.69 Å². The summed E-state index contributed by atoms with van der Waals surface area (Å²) in [5, 5.41) is 15.6. The van der Waals surface area contributed by atoms with E-state index in [0.29, 0.717) is 16.7 Å². The van der Waals surface area contributed by atoms with Crippen LogP contribution in [0, 0.1) is 10.1 Å². The number of halogens is 1. The second-order valence-corrected chi connectivity index (χ2v) is 6.70. The Morgan fingerprint density at radius 3 is 2.34 bits per heavy atom. The van der Waals surface area contributed by atoms with E-state index in [1.54, 1.807) is 18.2 Å². The predicted octanol–water partition coefficient (Wildman–Crippen LogP) is 6.11. The Labute approximate surface area is 171 Å². The molecule has 0 saturated heterocycles. The number of nitro groups is 1. The Kier molecular flexibility index (Phi) is 5.18. The summed E-state index contributed by atoms with van der Waals surface area (Å²) >= 11 is 5.96. The fourth-order valence-electron chi connectivity index (χ4n) is 2.81. The molecule has 0 aliphatic rings. The van der Waals surface area contributed by atoms with Gasteiger partial charge in [-0.1, -0.05) is 29.8 Å². The van der Waals surface area contributed by atoms with E-state index in [2.05, 4.69) is 15.3 Å². The molecule has 1 heterocycles. The summed E-state index contributed by atoms with van der Waals surface area (Å²) in [4.78, 5) is 19.6. The molecule has 0 unspecified atom stereocenters. The van der Waals surface area contributed by atoms with Gasteiger partial charge in [0.1, 0.15) is 5.82 Å². The lowest BCUT2D eigenvalue weighted by Crippen LogP contribution is -1.99. The first-order chi connectivity index (χ1) is 14.1. The molecular weight excluding hydrogens is 388 g/mol. The first kappa shape index (κ1) is 18.6. The van der Waals surface area contributed by atoms with E-state index in [-0.39, 0.29) is 5.69 Å². The molecule has 29 heavy (non-hydrogen) atoms. The molecule has 0 amide bonds. The number of anilines is 2. The van der Waals surface area contributed by atoms with Crippen LogP contribution in [-0.2, 0) is 0 Å². The summed E-state index contributed by atoms with van der Waals surface area (Å²) in [6.07, 6.45) is 3.60. The number of hydrogen-bond donors (Lipinski definition) is 1. The van der Waals surface area contributed by atoms with E-state index in [9.17, 15) is 10.1 Å². The summed E-state index contributed by atoms with van der Waals surface area (Å²) in [7, 11) is 0. The SMILES string of the molecule is O=[N+]([O-])c1ccc(/C=C/c2nc(Nc3ccc(Cl)cc3)c3ccccc3n2)cc1. The fourth-order valence-corrected chi connectivity index (χ4v) is 2.94. The number of hydrogen-bond acceptors (Lipinski definition) is 5. The van der Waals surface area contributed by atoms with Gasteiger partial charge in [-0.3, -0.25) is 10.1 Å².